The van der Waals surface area contributed by atoms with Gasteiger partial charge in [0.1, 0.15) is 0 Å². The van der Waals surface area contributed by atoms with E-state index in [0.29, 0.717) is 28.8 Å². The van der Waals surface area contributed by atoms with Crippen LogP contribution in [0.25, 0.3) is 10.9 Å². The molecule has 0 saturated carbocycles. The Bertz CT molecular complexity index is 958. The number of rotatable bonds is 4. The van der Waals surface area contributed by atoms with Crippen molar-refractivity contribution in [2.75, 3.05) is 5.32 Å². The van der Waals surface area contributed by atoms with Gasteiger partial charge in [-0.25, -0.2) is 19.9 Å². The van der Waals surface area contributed by atoms with Gasteiger partial charge in [-0.05, 0) is 51.8 Å². The van der Waals surface area contributed by atoms with E-state index in [1.807, 2.05) is 13.0 Å². The lowest BCUT2D eigenvalue weighted by Crippen LogP contribution is -2.09. The highest BCUT2D eigenvalue weighted by Crippen LogP contribution is 2.21. The molecular weight excluding hydrogens is 314 g/mol. The SMILES string of the molecule is CCc1ccc2nc(Nc3nc(C)c(C(C)=O)c(C)n3)nc(C)c2c1. The van der Waals surface area contributed by atoms with Gasteiger partial charge in [0.25, 0.3) is 0 Å². The van der Waals surface area contributed by atoms with Crippen LogP contribution in [0, 0.1) is 20.8 Å². The largest absolute Gasteiger partial charge is 0.294 e. The first-order chi connectivity index (χ1) is 11.9. The second kappa shape index (κ2) is 6.55. The summed E-state index contributed by atoms with van der Waals surface area (Å²) in [7, 11) is 0. The molecule has 6 heteroatoms. The fourth-order valence-corrected chi connectivity index (χ4v) is 2.99. The fraction of sp³-hybridized carbons (Fsp3) is 0.316. The van der Waals surface area contributed by atoms with Crippen LogP contribution in [0.4, 0.5) is 11.9 Å². The first-order valence-electron chi connectivity index (χ1n) is 8.29. The number of benzene rings is 1. The van der Waals surface area contributed by atoms with Gasteiger partial charge < -0.3 is 0 Å². The summed E-state index contributed by atoms with van der Waals surface area (Å²) < 4.78 is 0. The summed E-state index contributed by atoms with van der Waals surface area (Å²) in [5, 5.41) is 4.10. The second-order valence-corrected chi connectivity index (χ2v) is 6.11. The van der Waals surface area contributed by atoms with Crippen LogP contribution < -0.4 is 5.32 Å². The predicted molar refractivity (Wildman–Crippen MR) is 98.4 cm³/mol. The molecule has 0 aliphatic heterocycles. The van der Waals surface area contributed by atoms with E-state index in [0.717, 1.165) is 23.0 Å². The first kappa shape index (κ1) is 17.0. The van der Waals surface area contributed by atoms with Gasteiger partial charge in [0.05, 0.1) is 28.2 Å². The quantitative estimate of drug-likeness (QED) is 0.729. The molecule has 0 atom stereocenters. The number of hydrogen-bond donors (Lipinski definition) is 1. The molecule has 0 unspecified atom stereocenters. The number of nitrogens with zero attached hydrogens (tertiary/aromatic N) is 4. The number of aromatic nitrogens is 4. The molecular formula is C19H21N5O. The van der Waals surface area contributed by atoms with Crippen LogP contribution in [0.5, 0.6) is 0 Å². The molecule has 128 valence electrons. The van der Waals surface area contributed by atoms with Gasteiger partial charge in [0.15, 0.2) is 5.78 Å². The first-order valence-corrected chi connectivity index (χ1v) is 8.29. The van der Waals surface area contributed by atoms with Crippen LogP contribution in [-0.4, -0.2) is 25.7 Å². The highest BCUT2D eigenvalue weighted by molar-refractivity contribution is 5.96. The van der Waals surface area contributed by atoms with Gasteiger partial charge in [-0.2, -0.15) is 0 Å². The van der Waals surface area contributed by atoms with Crippen molar-refractivity contribution in [3.8, 4) is 0 Å². The zero-order valence-electron chi connectivity index (χ0n) is 15.1. The monoisotopic (exact) mass is 335 g/mol. The van der Waals surface area contributed by atoms with Crippen LogP contribution >= 0.6 is 0 Å². The number of fused-ring (bicyclic) bond motifs is 1. The summed E-state index contributed by atoms with van der Waals surface area (Å²) in [5.74, 6) is 0.804. The van der Waals surface area contributed by atoms with Gasteiger partial charge in [-0.1, -0.05) is 13.0 Å². The normalized spacial score (nSPS) is 10.9. The van der Waals surface area contributed by atoms with Crippen molar-refractivity contribution in [2.45, 2.75) is 41.0 Å². The molecule has 0 aliphatic rings. The number of Topliss-reactive ketones (excluding diaryl/α,β-unsaturated/α-hetero) is 1. The average Bonchev–Trinajstić information content (AvgIpc) is 2.53. The molecule has 25 heavy (non-hydrogen) atoms. The maximum absolute atomic E-state index is 11.7. The van der Waals surface area contributed by atoms with Crippen LogP contribution in [0.1, 0.15) is 46.9 Å². The Labute approximate surface area is 146 Å². The van der Waals surface area contributed by atoms with Gasteiger partial charge in [0.2, 0.25) is 11.9 Å². The number of hydrogen-bond acceptors (Lipinski definition) is 6. The number of aryl methyl sites for hydroxylation is 4. The summed E-state index contributed by atoms with van der Waals surface area (Å²) in [6.07, 6.45) is 0.976. The van der Waals surface area contributed by atoms with Gasteiger partial charge in [-0.3, -0.25) is 10.1 Å². The summed E-state index contributed by atoms with van der Waals surface area (Å²) in [6, 6.07) is 6.20. The number of carbonyl (C=O) groups is 1. The minimum Gasteiger partial charge on any atom is -0.294 e. The van der Waals surface area contributed by atoms with E-state index in [9.17, 15) is 4.79 Å². The predicted octanol–water partition coefficient (Wildman–Crippen LogP) is 3.85. The zero-order valence-corrected chi connectivity index (χ0v) is 15.1. The summed E-state index contributed by atoms with van der Waals surface area (Å²) in [4.78, 5) is 29.5. The van der Waals surface area contributed by atoms with Crippen molar-refractivity contribution < 1.29 is 4.79 Å². The van der Waals surface area contributed by atoms with Crippen LogP contribution in [0.15, 0.2) is 18.2 Å². The number of anilines is 2. The highest BCUT2D eigenvalue weighted by atomic mass is 16.1. The molecule has 1 N–H and O–H groups in total. The van der Waals surface area contributed by atoms with E-state index in [1.54, 1.807) is 13.8 Å². The lowest BCUT2D eigenvalue weighted by atomic mass is 10.1. The Morgan fingerprint density at radius 2 is 1.56 bits per heavy atom. The summed E-state index contributed by atoms with van der Waals surface area (Å²) >= 11 is 0. The zero-order chi connectivity index (χ0) is 18.1. The van der Waals surface area contributed by atoms with Crippen molar-refractivity contribution in [1.82, 2.24) is 19.9 Å². The Morgan fingerprint density at radius 3 is 2.16 bits per heavy atom. The van der Waals surface area contributed by atoms with E-state index < -0.39 is 0 Å². The van der Waals surface area contributed by atoms with Crippen molar-refractivity contribution in [3.05, 3.63) is 46.4 Å². The molecule has 1 aromatic carbocycles. The minimum atomic E-state index is -0.0360. The number of carbonyl (C=O) groups excluding carboxylic acids is 1. The van der Waals surface area contributed by atoms with Crippen molar-refractivity contribution in [2.24, 2.45) is 0 Å². The minimum absolute atomic E-state index is 0.0360. The molecule has 3 aromatic rings. The van der Waals surface area contributed by atoms with E-state index in [1.165, 1.54) is 12.5 Å². The smallest absolute Gasteiger partial charge is 0.230 e. The second-order valence-electron chi connectivity index (χ2n) is 6.11. The summed E-state index contributed by atoms with van der Waals surface area (Å²) in [5.41, 5.74) is 4.89. The lowest BCUT2D eigenvalue weighted by Gasteiger charge is -2.11. The Balaban J connectivity index is 2.00. The maximum Gasteiger partial charge on any atom is 0.230 e. The topological polar surface area (TPSA) is 80.7 Å². The third-order valence-electron chi connectivity index (χ3n) is 4.21. The van der Waals surface area contributed by atoms with Crippen molar-refractivity contribution in [1.29, 1.82) is 0 Å². The molecule has 2 heterocycles. The van der Waals surface area contributed by atoms with Crippen molar-refractivity contribution >= 4 is 28.6 Å². The molecule has 0 bridgehead atoms. The molecule has 0 aliphatic carbocycles. The molecule has 0 amide bonds. The molecule has 2 aromatic heterocycles. The average molecular weight is 335 g/mol. The van der Waals surface area contributed by atoms with Gasteiger partial charge in [-0.15, -0.1) is 0 Å². The third kappa shape index (κ3) is 3.33. The molecule has 6 nitrogen and oxygen atoms in total. The van der Waals surface area contributed by atoms with Crippen LogP contribution in [-0.2, 0) is 6.42 Å². The van der Waals surface area contributed by atoms with E-state index in [2.05, 4.69) is 44.3 Å². The van der Waals surface area contributed by atoms with Crippen molar-refractivity contribution in [3.63, 3.8) is 0 Å². The Hall–Kier alpha value is -2.89. The van der Waals surface area contributed by atoms with Crippen LogP contribution in [0.2, 0.25) is 0 Å². The fourth-order valence-electron chi connectivity index (χ4n) is 2.99. The Kier molecular flexibility index (Phi) is 4.44. The third-order valence-corrected chi connectivity index (χ3v) is 4.21. The molecule has 0 saturated heterocycles. The molecule has 0 fully saturated rings. The Morgan fingerprint density at radius 1 is 0.960 bits per heavy atom. The highest BCUT2D eigenvalue weighted by Gasteiger charge is 2.13. The summed E-state index contributed by atoms with van der Waals surface area (Å²) in [6.45, 7) is 9.21. The van der Waals surface area contributed by atoms with E-state index >= 15 is 0 Å². The van der Waals surface area contributed by atoms with Gasteiger partial charge >= 0.3 is 0 Å². The maximum atomic E-state index is 11.7. The molecule has 0 radical (unpaired) electrons. The van der Waals surface area contributed by atoms with E-state index in [-0.39, 0.29) is 5.78 Å². The number of ketones is 1. The van der Waals surface area contributed by atoms with E-state index in [4.69, 9.17) is 0 Å². The van der Waals surface area contributed by atoms with Crippen LogP contribution in [0.3, 0.4) is 0 Å². The van der Waals surface area contributed by atoms with Gasteiger partial charge in [0, 0.05) is 5.39 Å². The lowest BCUT2D eigenvalue weighted by molar-refractivity contribution is 0.101. The number of nitrogens with one attached hydrogen (secondary N) is 1. The molecule has 3 rings (SSSR count). The standard InChI is InChI=1S/C19H21N5O/c1-6-14-7-8-16-15(9-14)10(2)20-19(23-16)24-18-21-11(3)17(13(5)25)12(4)22-18/h7-9H,6H2,1-5H3,(H,20,21,22,23,24). The molecule has 0 spiro atoms.